The lowest BCUT2D eigenvalue weighted by atomic mass is 9.98. The summed E-state index contributed by atoms with van der Waals surface area (Å²) in [6.45, 7) is 4.01. The summed E-state index contributed by atoms with van der Waals surface area (Å²) in [6, 6.07) is 5.49. The van der Waals surface area contributed by atoms with E-state index in [-0.39, 0.29) is 29.1 Å². The second-order valence-corrected chi connectivity index (χ2v) is 6.22. The van der Waals surface area contributed by atoms with Crippen LogP contribution in [0.15, 0.2) is 24.5 Å². The molecule has 8 heteroatoms. The highest BCUT2D eigenvalue weighted by Crippen LogP contribution is 2.30. The smallest absolute Gasteiger partial charge is 0.267 e. The van der Waals surface area contributed by atoms with E-state index in [9.17, 15) is 9.59 Å². The van der Waals surface area contributed by atoms with Crippen LogP contribution in [-0.4, -0.2) is 52.9 Å². The Morgan fingerprint density at radius 3 is 2.85 bits per heavy atom. The molecule has 0 aliphatic carbocycles. The van der Waals surface area contributed by atoms with E-state index >= 15 is 0 Å². The van der Waals surface area contributed by atoms with Gasteiger partial charge in [0, 0.05) is 24.3 Å². The molecule has 0 saturated carbocycles. The van der Waals surface area contributed by atoms with Gasteiger partial charge in [0.1, 0.15) is 24.3 Å². The first-order valence-corrected chi connectivity index (χ1v) is 8.57. The molecule has 0 unspecified atom stereocenters. The molecular weight excluding hydrogens is 334 g/mol. The first-order valence-electron chi connectivity index (χ1n) is 8.57. The first-order chi connectivity index (χ1) is 12.6. The highest BCUT2D eigenvalue weighted by atomic mass is 16.5. The maximum absolute atomic E-state index is 13.0. The Morgan fingerprint density at radius 2 is 2.04 bits per heavy atom. The molecule has 2 aliphatic heterocycles. The highest BCUT2D eigenvalue weighted by Gasteiger charge is 2.30. The molecule has 26 heavy (non-hydrogen) atoms. The van der Waals surface area contributed by atoms with Crippen LogP contribution < -0.4 is 15.4 Å². The molecule has 3 heterocycles. The molecule has 8 nitrogen and oxygen atoms in total. The highest BCUT2D eigenvalue weighted by molar-refractivity contribution is 6.11. The number of nitrogen functional groups attached to an aromatic ring is 1. The van der Waals surface area contributed by atoms with Gasteiger partial charge in [-0.1, -0.05) is 0 Å². The van der Waals surface area contributed by atoms with Crippen molar-refractivity contribution in [1.82, 2.24) is 14.9 Å². The zero-order chi connectivity index (χ0) is 18.3. The maximum atomic E-state index is 13.0. The van der Waals surface area contributed by atoms with Crippen LogP contribution >= 0.6 is 0 Å². The summed E-state index contributed by atoms with van der Waals surface area (Å²) in [6.07, 6.45) is 2.05. The van der Waals surface area contributed by atoms with Crippen LogP contribution in [0.25, 0.3) is 0 Å². The molecule has 0 saturated heterocycles. The normalized spacial score (nSPS) is 16.7. The summed E-state index contributed by atoms with van der Waals surface area (Å²) in [5.74, 6) is 0.0389. The molecule has 134 valence electrons. The lowest BCUT2D eigenvalue weighted by Gasteiger charge is -2.29. The number of nitrogens with zero attached hydrogens (tertiary/aromatic N) is 4. The van der Waals surface area contributed by atoms with Gasteiger partial charge in [-0.15, -0.1) is 0 Å². The van der Waals surface area contributed by atoms with Crippen LogP contribution in [0.5, 0.6) is 5.88 Å². The lowest BCUT2D eigenvalue weighted by Crippen LogP contribution is -2.38. The van der Waals surface area contributed by atoms with E-state index in [2.05, 4.69) is 9.97 Å². The van der Waals surface area contributed by atoms with Gasteiger partial charge in [0.15, 0.2) is 0 Å². The number of hydrogen-bond donors (Lipinski definition) is 1. The number of carbonyl (C=O) groups excluding carboxylic acids is 2. The van der Waals surface area contributed by atoms with Gasteiger partial charge in [0.25, 0.3) is 11.8 Å². The molecule has 1 aromatic heterocycles. The Hall–Kier alpha value is -3.16. The van der Waals surface area contributed by atoms with E-state index in [1.807, 2.05) is 17.9 Å². The van der Waals surface area contributed by atoms with Crippen molar-refractivity contribution in [2.45, 2.75) is 13.3 Å². The fourth-order valence-corrected chi connectivity index (χ4v) is 3.40. The summed E-state index contributed by atoms with van der Waals surface area (Å²) < 4.78 is 5.56. The topological polar surface area (TPSA) is 102 Å². The average molecular weight is 353 g/mol. The quantitative estimate of drug-likeness (QED) is 0.868. The van der Waals surface area contributed by atoms with Gasteiger partial charge in [0.2, 0.25) is 5.88 Å². The van der Waals surface area contributed by atoms with Crippen LogP contribution in [-0.2, 0) is 6.42 Å². The van der Waals surface area contributed by atoms with Gasteiger partial charge in [0.05, 0.1) is 6.54 Å². The Labute approximate surface area is 150 Å². The number of rotatable bonds is 2. The molecule has 2 N–H and O–H groups in total. The summed E-state index contributed by atoms with van der Waals surface area (Å²) in [4.78, 5) is 36.8. The van der Waals surface area contributed by atoms with Crippen molar-refractivity contribution in [1.29, 1.82) is 0 Å². The average Bonchev–Trinajstić information content (AvgIpc) is 2.81. The van der Waals surface area contributed by atoms with E-state index in [0.717, 1.165) is 12.0 Å². The number of anilines is 2. The minimum Gasteiger partial charge on any atom is -0.475 e. The molecule has 1 aromatic carbocycles. The van der Waals surface area contributed by atoms with Gasteiger partial charge in [-0.25, -0.2) is 9.97 Å². The predicted octanol–water partition coefficient (Wildman–Crippen LogP) is 1.12. The van der Waals surface area contributed by atoms with Gasteiger partial charge in [-0.3, -0.25) is 9.59 Å². The minimum atomic E-state index is -0.298. The Bertz CT molecular complexity index is 898. The third-order valence-electron chi connectivity index (χ3n) is 4.81. The van der Waals surface area contributed by atoms with Crippen LogP contribution in [0.1, 0.15) is 33.2 Å². The number of carbonyl (C=O) groups is 2. The van der Waals surface area contributed by atoms with Gasteiger partial charge in [-0.2, -0.15) is 0 Å². The standard InChI is InChI=1S/C18H19N5O3/c1-2-22-6-5-11-9-12(3-4-13(11)17(22)24)23-7-8-26-16-14(18(23)25)15(19)20-10-21-16/h3-4,9-10H,2,5-8H2,1H3,(H2,19,20,21). The third kappa shape index (κ3) is 2.54. The monoisotopic (exact) mass is 353 g/mol. The fourth-order valence-electron chi connectivity index (χ4n) is 3.40. The van der Waals surface area contributed by atoms with Crippen LogP contribution in [0.4, 0.5) is 11.5 Å². The van der Waals surface area contributed by atoms with Crippen molar-refractivity contribution in [3.05, 3.63) is 41.2 Å². The lowest BCUT2D eigenvalue weighted by molar-refractivity contribution is 0.0749. The van der Waals surface area contributed by atoms with E-state index in [0.29, 0.717) is 37.5 Å². The molecule has 0 spiro atoms. The van der Waals surface area contributed by atoms with Crippen molar-refractivity contribution in [2.75, 3.05) is 36.9 Å². The molecule has 0 bridgehead atoms. The second-order valence-electron chi connectivity index (χ2n) is 6.22. The summed E-state index contributed by atoms with van der Waals surface area (Å²) in [5.41, 5.74) is 8.41. The Kier molecular flexibility index (Phi) is 3.95. The second kappa shape index (κ2) is 6.29. The minimum absolute atomic E-state index is 0.0359. The first kappa shape index (κ1) is 16.3. The predicted molar refractivity (Wildman–Crippen MR) is 95.3 cm³/mol. The molecular formula is C18H19N5O3. The molecule has 2 aromatic rings. The van der Waals surface area contributed by atoms with Crippen molar-refractivity contribution in [3.8, 4) is 5.88 Å². The van der Waals surface area contributed by atoms with Gasteiger partial charge in [-0.05, 0) is 37.1 Å². The number of hydrogen-bond acceptors (Lipinski definition) is 6. The Balaban J connectivity index is 1.71. The third-order valence-corrected chi connectivity index (χ3v) is 4.81. The number of likely N-dealkylation sites (N-methyl/N-ethyl adjacent to an activating group) is 1. The number of amides is 2. The van der Waals surface area contributed by atoms with Crippen LogP contribution in [0.3, 0.4) is 0 Å². The zero-order valence-corrected chi connectivity index (χ0v) is 14.4. The van der Waals surface area contributed by atoms with Crippen molar-refractivity contribution >= 4 is 23.3 Å². The molecule has 0 fully saturated rings. The molecule has 2 aliphatic rings. The summed E-state index contributed by atoms with van der Waals surface area (Å²) in [5, 5.41) is 0. The van der Waals surface area contributed by atoms with Gasteiger partial charge < -0.3 is 20.3 Å². The molecule has 4 rings (SSSR count). The van der Waals surface area contributed by atoms with Gasteiger partial charge >= 0.3 is 0 Å². The van der Waals surface area contributed by atoms with E-state index in [1.54, 1.807) is 17.0 Å². The van der Waals surface area contributed by atoms with E-state index in [4.69, 9.17) is 10.5 Å². The van der Waals surface area contributed by atoms with E-state index < -0.39 is 0 Å². The molecule has 0 atom stereocenters. The number of fused-ring (bicyclic) bond motifs is 2. The van der Waals surface area contributed by atoms with Crippen molar-refractivity contribution in [2.24, 2.45) is 0 Å². The molecule has 2 amide bonds. The number of benzene rings is 1. The molecule has 0 radical (unpaired) electrons. The number of aromatic nitrogens is 2. The maximum Gasteiger partial charge on any atom is 0.267 e. The number of nitrogens with two attached hydrogens (primary N) is 1. The zero-order valence-electron chi connectivity index (χ0n) is 14.4. The Morgan fingerprint density at radius 1 is 1.19 bits per heavy atom. The van der Waals surface area contributed by atoms with Crippen molar-refractivity contribution < 1.29 is 14.3 Å². The summed E-state index contributed by atoms with van der Waals surface area (Å²) in [7, 11) is 0. The van der Waals surface area contributed by atoms with Crippen LogP contribution in [0, 0.1) is 0 Å². The fraction of sp³-hybridized carbons (Fsp3) is 0.333. The SMILES string of the molecule is CCN1CCc2cc(N3CCOc4ncnc(N)c4C3=O)ccc2C1=O. The van der Waals surface area contributed by atoms with E-state index in [1.165, 1.54) is 6.33 Å². The van der Waals surface area contributed by atoms with Crippen LogP contribution in [0.2, 0.25) is 0 Å². The summed E-state index contributed by atoms with van der Waals surface area (Å²) >= 11 is 0. The number of ether oxygens (including phenoxy) is 1. The largest absolute Gasteiger partial charge is 0.475 e. The van der Waals surface area contributed by atoms with Crippen molar-refractivity contribution in [3.63, 3.8) is 0 Å².